The van der Waals surface area contributed by atoms with Gasteiger partial charge in [0, 0.05) is 10.7 Å². The van der Waals surface area contributed by atoms with E-state index in [-0.39, 0.29) is 5.82 Å². The molecule has 0 unspecified atom stereocenters. The first-order chi connectivity index (χ1) is 9.15. The summed E-state index contributed by atoms with van der Waals surface area (Å²) < 4.78 is 14.3. The second-order valence-electron chi connectivity index (χ2n) is 3.75. The monoisotopic (exact) mass is 339 g/mol. The number of rotatable bonds is 3. The number of halogens is 2. The van der Waals surface area contributed by atoms with Crippen LogP contribution in [0.1, 0.15) is 5.69 Å². The predicted molar refractivity (Wildman–Crippen MR) is 81.4 cm³/mol. The molecule has 0 atom stereocenters. The maximum Gasteiger partial charge on any atom is 0.171 e. The van der Waals surface area contributed by atoms with Crippen LogP contribution < -0.4 is 10.6 Å². The van der Waals surface area contributed by atoms with Crippen molar-refractivity contribution in [3.05, 3.63) is 58.6 Å². The maximum atomic E-state index is 13.6. The first-order valence-electron chi connectivity index (χ1n) is 5.55. The molecule has 0 saturated heterocycles. The number of nitrogens with one attached hydrogen (secondary N) is 2. The zero-order chi connectivity index (χ0) is 13.7. The standard InChI is InChI=1S/C13H11BrFN3S/c14-9-4-5-12(11(15)7-9)18-13(19)17-8-10-3-1-2-6-16-10/h1-7H,8H2,(H2,17,18,19). The van der Waals surface area contributed by atoms with Gasteiger partial charge in [-0.3, -0.25) is 4.98 Å². The third kappa shape index (κ3) is 4.25. The lowest BCUT2D eigenvalue weighted by Crippen LogP contribution is -2.28. The second kappa shape index (κ2) is 6.58. The Morgan fingerprint density at radius 3 is 2.84 bits per heavy atom. The molecule has 2 aromatic rings. The zero-order valence-electron chi connectivity index (χ0n) is 9.86. The fourth-order valence-corrected chi connectivity index (χ4v) is 1.95. The first-order valence-corrected chi connectivity index (χ1v) is 6.75. The van der Waals surface area contributed by atoms with E-state index in [4.69, 9.17) is 12.2 Å². The van der Waals surface area contributed by atoms with E-state index in [1.54, 1.807) is 18.3 Å². The molecule has 19 heavy (non-hydrogen) atoms. The second-order valence-corrected chi connectivity index (χ2v) is 5.08. The molecule has 0 fully saturated rings. The van der Waals surface area contributed by atoms with Crippen LogP contribution in [0.3, 0.4) is 0 Å². The highest BCUT2D eigenvalue weighted by molar-refractivity contribution is 9.10. The van der Waals surface area contributed by atoms with Gasteiger partial charge in [0.05, 0.1) is 17.9 Å². The number of hydrogen-bond donors (Lipinski definition) is 2. The normalized spacial score (nSPS) is 10.0. The summed E-state index contributed by atoms with van der Waals surface area (Å²) in [6.45, 7) is 0.491. The van der Waals surface area contributed by atoms with Crippen LogP contribution in [0.2, 0.25) is 0 Å². The van der Waals surface area contributed by atoms with Crippen LogP contribution in [0.4, 0.5) is 10.1 Å². The number of aromatic nitrogens is 1. The molecule has 3 nitrogen and oxygen atoms in total. The van der Waals surface area contributed by atoms with Gasteiger partial charge in [0.15, 0.2) is 5.11 Å². The van der Waals surface area contributed by atoms with Gasteiger partial charge in [0.2, 0.25) is 0 Å². The van der Waals surface area contributed by atoms with E-state index in [1.165, 1.54) is 6.07 Å². The Hall–Kier alpha value is -1.53. The molecule has 98 valence electrons. The van der Waals surface area contributed by atoms with Crippen molar-refractivity contribution in [3.63, 3.8) is 0 Å². The van der Waals surface area contributed by atoms with Crippen LogP contribution in [0.5, 0.6) is 0 Å². The van der Waals surface area contributed by atoms with Gasteiger partial charge in [0.1, 0.15) is 5.82 Å². The van der Waals surface area contributed by atoms with E-state index in [0.29, 0.717) is 21.8 Å². The molecule has 0 spiro atoms. The Kier molecular flexibility index (Phi) is 4.81. The number of pyridine rings is 1. The lowest BCUT2D eigenvalue weighted by atomic mass is 10.3. The van der Waals surface area contributed by atoms with Crippen molar-refractivity contribution in [2.24, 2.45) is 0 Å². The summed E-state index contributed by atoms with van der Waals surface area (Å²) in [5, 5.41) is 6.13. The maximum absolute atomic E-state index is 13.6. The fraction of sp³-hybridized carbons (Fsp3) is 0.0769. The molecule has 0 amide bonds. The Morgan fingerprint density at radius 1 is 1.32 bits per heavy atom. The van der Waals surface area contributed by atoms with Gasteiger partial charge >= 0.3 is 0 Å². The molecule has 0 radical (unpaired) electrons. The van der Waals surface area contributed by atoms with Crippen LogP contribution in [0, 0.1) is 5.82 Å². The molecule has 0 aliphatic rings. The van der Waals surface area contributed by atoms with E-state index >= 15 is 0 Å². The number of benzene rings is 1. The van der Waals surface area contributed by atoms with Crippen molar-refractivity contribution in [1.29, 1.82) is 0 Å². The molecule has 0 aliphatic carbocycles. The van der Waals surface area contributed by atoms with Crippen molar-refractivity contribution in [2.75, 3.05) is 5.32 Å². The molecule has 0 bridgehead atoms. The first kappa shape index (κ1) is 13.9. The Labute approximate surface area is 124 Å². The minimum Gasteiger partial charge on any atom is -0.357 e. The van der Waals surface area contributed by atoms with Gasteiger partial charge in [-0.2, -0.15) is 0 Å². The average Bonchev–Trinajstić information content (AvgIpc) is 2.41. The van der Waals surface area contributed by atoms with Crippen molar-refractivity contribution in [3.8, 4) is 0 Å². The quantitative estimate of drug-likeness (QED) is 0.839. The lowest BCUT2D eigenvalue weighted by molar-refractivity contribution is 0.631. The summed E-state index contributed by atoms with van der Waals surface area (Å²) in [5.74, 6) is -0.364. The van der Waals surface area contributed by atoms with Crippen LogP contribution in [-0.4, -0.2) is 10.1 Å². The topological polar surface area (TPSA) is 37.0 Å². The lowest BCUT2D eigenvalue weighted by Gasteiger charge is -2.11. The van der Waals surface area contributed by atoms with Gasteiger partial charge < -0.3 is 10.6 Å². The molecular weight excluding hydrogens is 329 g/mol. The van der Waals surface area contributed by atoms with Crippen LogP contribution in [0.15, 0.2) is 47.1 Å². The third-order valence-electron chi connectivity index (χ3n) is 2.34. The van der Waals surface area contributed by atoms with Crippen molar-refractivity contribution in [1.82, 2.24) is 10.3 Å². The summed E-state index contributed by atoms with van der Waals surface area (Å²) in [4.78, 5) is 4.16. The number of nitrogens with zero attached hydrogens (tertiary/aromatic N) is 1. The highest BCUT2D eigenvalue weighted by Crippen LogP contribution is 2.19. The van der Waals surface area contributed by atoms with Gasteiger partial charge in [-0.15, -0.1) is 0 Å². The molecule has 1 aromatic heterocycles. The minimum absolute atomic E-state index is 0.335. The molecule has 1 aromatic carbocycles. The third-order valence-corrected chi connectivity index (χ3v) is 3.08. The van der Waals surface area contributed by atoms with Crippen molar-refractivity contribution < 1.29 is 4.39 Å². The summed E-state index contributed by atoms with van der Waals surface area (Å²) in [7, 11) is 0. The summed E-state index contributed by atoms with van der Waals surface area (Å²) in [6.07, 6.45) is 1.71. The van der Waals surface area contributed by atoms with Crippen LogP contribution in [0.25, 0.3) is 0 Å². The van der Waals surface area contributed by atoms with Crippen molar-refractivity contribution >= 4 is 38.9 Å². The largest absolute Gasteiger partial charge is 0.357 e. The van der Waals surface area contributed by atoms with Gasteiger partial charge in [-0.25, -0.2) is 4.39 Å². The molecule has 0 saturated carbocycles. The van der Waals surface area contributed by atoms with E-state index in [0.717, 1.165) is 5.69 Å². The minimum atomic E-state index is -0.364. The molecule has 2 rings (SSSR count). The predicted octanol–water partition coefficient (Wildman–Crippen LogP) is 3.47. The van der Waals surface area contributed by atoms with E-state index in [9.17, 15) is 4.39 Å². The number of thiocarbonyl (C=S) groups is 1. The van der Waals surface area contributed by atoms with E-state index in [2.05, 4.69) is 31.5 Å². The van der Waals surface area contributed by atoms with Gasteiger partial charge in [-0.05, 0) is 42.5 Å². The van der Waals surface area contributed by atoms with Crippen molar-refractivity contribution in [2.45, 2.75) is 6.54 Å². The molecule has 0 aliphatic heterocycles. The van der Waals surface area contributed by atoms with E-state index < -0.39 is 0 Å². The zero-order valence-corrected chi connectivity index (χ0v) is 12.3. The molecular formula is C13H11BrFN3S. The SMILES string of the molecule is Fc1cc(Br)ccc1NC(=S)NCc1ccccn1. The Bertz CT molecular complexity index is 577. The summed E-state index contributed by atoms with van der Waals surface area (Å²) in [6, 6.07) is 10.4. The molecule has 6 heteroatoms. The molecule has 1 heterocycles. The number of hydrogen-bond acceptors (Lipinski definition) is 2. The summed E-state index contributed by atoms with van der Waals surface area (Å²) in [5.41, 5.74) is 1.20. The highest BCUT2D eigenvalue weighted by atomic mass is 79.9. The Balaban J connectivity index is 1.91. The van der Waals surface area contributed by atoms with E-state index in [1.807, 2.05) is 18.2 Å². The number of anilines is 1. The molecule has 2 N–H and O–H groups in total. The summed E-state index contributed by atoms with van der Waals surface area (Å²) >= 11 is 8.30. The average molecular weight is 340 g/mol. The highest BCUT2D eigenvalue weighted by Gasteiger charge is 2.04. The van der Waals surface area contributed by atoms with Crippen LogP contribution in [-0.2, 0) is 6.54 Å². The van der Waals surface area contributed by atoms with Gasteiger partial charge in [0.25, 0.3) is 0 Å². The van der Waals surface area contributed by atoms with Gasteiger partial charge in [-0.1, -0.05) is 22.0 Å². The fourth-order valence-electron chi connectivity index (χ4n) is 1.43. The van der Waals surface area contributed by atoms with Crippen LogP contribution >= 0.6 is 28.1 Å². The smallest absolute Gasteiger partial charge is 0.171 e. The Morgan fingerprint density at radius 2 is 2.16 bits per heavy atom.